The molecular weight excluding hydrogens is 1630 g/mol. The van der Waals surface area contributed by atoms with Gasteiger partial charge in [0.15, 0.2) is 0 Å². The number of hydrogen-bond acceptors (Lipinski definition) is 6. The van der Waals surface area contributed by atoms with E-state index in [0.717, 1.165) is 97.6 Å². The van der Waals surface area contributed by atoms with Crippen LogP contribution in [0.3, 0.4) is 0 Å². The Morgan fingerprint density at radius 2 is 0.395 bits per heavy atom. The van der Waals surface area contributed by atoms with Gasteiger partial charge in [-0.1, -0.05) is 392 Å². The second-order valence-corrected chi connectivity index (χ2v) is 35.4. The van der Waals surface area contributed by atoms with Crippen molar-refractivity contribution in [3.05, 3.63) is 455 Å². The second kappa shape index (κ2) is 31.4. The fraction of sp³-hybridized carbons (Fsp3) is 0. The maximum absolute atomic E-state index is 5.31. The lowest BCUT2D eigenvalue weighted by atomic mass is 10.1. The number of thiazole rings is 3. The first-order chi connectivity index (χ1) is 64.1. The summed E-state index contributed by atoms with van der Waals surface area (Å²) in [6.07, 6.45) is 0. The summed E-state index contributed by atoms with van der Waals surface area (Å²) in [5, 5.41) is 21.4. The van der Waals surface area contributed by atoms with E-state index in [2.05, 4.69) is 482 Å². The number of hydrogen-bond donors (Lipinski definition) is 0. The number of benzene rings is 18. The summed E-state index contributed by atoms with van der Waals surface area (Å²) in [7, 11) is 0. The smallest absolute Gasteiger partial charge is 0.129 e. The second-order valence-electron chi connectivity index (χ2n) is 32.4. The lowest BCUT2D eigenvalue weighted by molar-refractivity contribution is 1.16. The van der Waals surface area contributed by atoms with Crippen molar-refractivity contribution in [1.82, 2.24) is 42.4 Å². The van der Waals surface area contributed by atoms with Crippen molar-refractivity contribution in [2.45, 2.75) is 0 Å². The Kier molecular flexibility index (Phi) is 18.3. The topological polar surface area (TPSA) is 68.2 Å². The van der Waals surface area contributed by atoms with E-state index in [4.69, 9.17) is 15.0 Å². The van der Waals surface area contributed by atoms with Crippen LogP contribution in [0.1, 0.15) is 0 Å². The fourth-order valence-corrected chi connectivity index (χ4v) is 22.9. The van der Waals surface area contributed by atoms with Gasteiger partial charge < -0.3 is 13.7 Å². The maximum atomic E-state index is 5.31. The van der Waals surface area contributed by atoms with E-state index < -0.39 is 0 Å². The van der Waals surface area contributed by atoms with Crippen molar-refractivity contribution in [2.24, 2.45) is 0 Å². The fourth-order valence-electron chi connectivity index (χ4n) is 19.5. The van der Waals surface area contributed by atoms with Gasteiger partial charge in [-0.05, 0) is 97.1 Å². The molecule has 9 aromatic heterocycles. The van der Waals surface area contributed by atoms with Crippen LogP contribution in [0, 0.1) is 0 Å². The van der Waals surface area contributed by atoms with Crippen LogP contribution in [0.15, 0.2) is 455 Å². The molecule has 0 saturated carbocycles. The molecule has 0 bridgehead atoms. The predicted molar refractivity (Wildman–Crippen MR) is 545 cm³/mol. The normalized spacial score (nSPS) is 11.7. The molecule has 0 aliphatic heterocycles. The Labute approximate surface area is 754 Å². The monoisotopic (exact) mass is 1700 g/mol. The minimum absolute atomic E-state index is 0.992. The van der Waals surface area contributed by atoms with Crippen LogP contribution >= 0.6 is 34.0 Å². The predicted octanol–water partition coefficient (Wildman–Crippen LogP) is 32.0. The number of rotatable bonds is 12. The molecule has 0 atom stereocenters. The summed E-state index contributed by atoms with van der Waals surface area (Å²) in [5.74, 6) is 0. The lowest BCUT2D eigenvalue weighted by Crippen LogP contribution is -1.98. The third kappa shape index (κ3) is 12.5. The molecule has 0 amide bonds. The Hall–Kier alpha value is -16.4. The number of nitrogens with zero attached hydrogens (tertiary/aromatic N) is 9. The molecule has 0 unspecified atom stereocenters. The third-order valence-corrected chi connectivity index (χ3v) is 28.4. The SMILES string of the molecule is c1ccc(-c2nc(-c3ccccc3)c(-n3c4ccccc4c4c5c6ccccc6n(-c6ccccc6)c5ccc43)s2)cc1.c1ccc(-c2nc(-c3ccccc3)c(-n3c4ccccc4c4cc5c6ccccc6n(-c6ccccc6)c5cc43)s2)cc1.c1ccc(-c2nc(-c3ccccc3)c(-n3c4ccccc4c4ccc5c6ccccc6n(-c6ccccc6)c5c43)s2)cc1. The van der Waals surface area contributed by atoms with E-state index in [-0.39, 0.29) is 0 Å². The molecule has 0 spiro atoms. The summed E-state index contributed by atoms with van der Waals surface area (Å²) in [5.41, 5.74) is 27.5. The van der Waals surface area contributed by atoms with Gasteiger partial charge >= 0.3 is 0 Å². The molecule has 0 N–H and O–H groups in total. The maximum Gasteiger partial charge on any atom is 0.129 e. The molecule has 9 nitrogen and oxygen atoms in total. The van der Waals surface area contributed by atoms with Gasteiger partial charge in [-0.15, -0.1) is 0 Å². The first kappa shape index (κ1) is 75.2. The van der Waals surface area contributed by atoms with Crippen molar-refractivity contribution in [3.63, 3.8) is 0 Å². The minimum atomic E-state index is 0.992. The largest absolute Gasteiger partial charge is 0.309 e. The third-order valence-electron chi connectivity index (χ3n) is 25.1. The van der Waals surface area contributed by atoms with E-state index in [1.807, 2.05) is 0 Å². The molecule has 606 valence electrons. The molecule has 0 aliphatic rings. The van der Waals surface area contributed by atoms with Crippen molar-refractivity contribution < 1.29 is 0 Å². The minimum Gasteiger partial charge on any atom is -0.309 e. The van der Waals surface area contributed by atoms with Crippen molar-refractivity contribution in [1.29, 1.82) is 0 Å². The van der Waals surface area contributed by atoms with Gasteiger partial charge in [0.05, 0.1) is 66.2 Å². The number of fused-ring (bicyclic) bond motifs is 20. The van der Waals surface area contributed by atoms with E-state index in [0.29, 0.717) is 0 Å². The van der Waals surface area contributed by atoms with Crippen molar-refractivity contribution in [2.75, 3.05) is 0 Å². The van der Waals surface area contributed by atoms with Crippen LogP contribution in [0.25, 0.3) is 228 Å². The zero-order chi connectivity index (χ0) is 85.0. The molecule has 0 aliphatic carbocycles. The van der Waals surface area contributed by atoms with Crippen LogP contribution < -0.4 is 0 Å². The average Bonchev–Trinajstić information content (AvgIpc) is 1.53. The van der Waals surface area contributed by atoms with Crippen LogP contribution in [0.4, 0.5) is 0 Å². The zero-order valence-corrected chi connectivity index (χ0v) is 72.0. The highest BCUT2D eigenvalue weighted by molar-refractivity contribution is 7.19. The number of para-hydroxylation sites is 9. The van der Waals surface area contributed by atoms with Gasteiger partial charge in [0.1, 0.15) is 47.1 Å². The van der Waals surface area contributed by atoms with E-state index >= 15 is 0 Å². The molecule has 27 aromatic rings. The van der Waals surface area contributed by atoms with Crippen LogP contribution in [0.2, 0.25) is 0 Å². The van der Waals surface area contributed by atoms with Crippen LogP contribution in [-0.4, -0.2) is 42.4 Å². The number of aromatic nitrogens is 9. The first-order valence-electron chi connectivity index (χ1n) is 43.5. The highest BCUT2D eigenvalue weighted by Crippen LogP contribution is 2.51. The molecule has 12 heteroatoms. The molecule has 0 fully saturated rings. The highest BCUT2D eigenvalue weighted by atomic mass is 32.1. The zero-order valence-electron chi connectivity index (χ0n) is 69.6. The van der Waals surface area contributed by atoms with Gasteiger partial charge in [-0.2, -0.15) is 0 Å². The standard InChI is InChI=1S/3C39H25N3S/c1-4-14-26(15-5-1)37-39(43-38(40-37)27-16-6-2-7-17-27)42-34-23-13-11-21-30(34)32-24-31-29-20-10-12-22-33(29)41(35(31)25-36(32)42)28-18-8-3-9-19-28;1-4-14-26(15-5-1)35-39(43-38(40-35)27-16-6-2-7-17-27)42-34-23-13-11-21-30(34)32-25-24-31-29-20-10-12-22-33(29)41(36(31)37(32)42)28-18-8-3-9-19-28;1-4-14-26(15-5-1)37-39(43-38(40-37)27-16-6-2-7-17-27)42-32-23-13-11-21-30(32)36-34(42)25-24-33-35(36)29-20-10-12-22-31(29)41(33)28-18-8-3-9-19-28/h3*1-25H. The average molecular weight is 1700 g/mol. The highest BCUT2D eigenvalue weighted by Gasteiger charge is 2.30. The Morgan fingerprint density at radius 3 is 0.775 bits per heavy atom. The molecule has 18 aromatic carbocycles. The Bertz CT molecular complexity index is 8950. The van der Waals surface area contributed by atoms with Gasteiger partial charge in [0.25, 0.3) is 0 Å². The van der Waals surface area contributed by atoms with Gasteiger partial charge in [0.2, 0.25) is 0 Å². The van der Waals surface area contributed by atoms with E-state index in [1.165, 1.54) is 131 Å². The van der Waals surface area contributed by atoms with Gasteiger partial charge in [-0.25, -0.2) is 15.0 Å². The molecule has 0 radical (unpaired) electrons. The lowest BCUT2D eigenvalue weighted by Gasteiger charge is -2.12. The summed E-state index contributed by atoms with van der Waals surface area (Å²) in [6.45, 7) is 0. The summed E-state index contributed by atoms with van der Waals surface area (Å²) in [4.78, 5) is 15.9. The molecule has 129 heavy (non-hydrogen) atoms. The Balaban J connectivity index is 0.000000105. The van der Waals surface area contributed by atoms with Gasteiger partial charge in [0, 0.05) is 115 Å². The van der Waals surface area contributed by atoms with E-state index in [9.17, 15) is 0 Å². The molecule has 0 saturated heterocycles. The summed E-state index contributed by atoms with van der Waals surface area (Å²) >= 11 is 5.26. The first-order valence-corrected chi connectivity index (χ1v) is 45.9. The van der Waals surface area contributed by atoms with Crippen LogP contribution in [-0.2, 0) is 0 Å². The molecular formula is C117H75N9S3. The van der Waals surface area contributed by atoms with Crippen molar-refractivity contribution >= 4 is 165 Å². The van der Waals surface area contributed by atoms with Crippen LogP contribution in [0.5, 0.6) is 0 Å². The molecule has 9 heterocycles. The Morgan fingerprint density at radius 1 is 0.155 bits per heavy atom. The van der Waals surface area contributed by atoms with Gasteiger partial charge in [-0.3, -0.25) is 13.7 Å². The summed E-state index contributed by atoms with van der Waals surface area (Å²) in [6, 6.07) is 162. The van der Waals surface area contributed by atoms with Crippen molar-refractivity contribution in [3.8, 4) is 97.6 Å². The quantitative estimate of drug-likeness (QED) is 0.122. The molecule has 27 rings (SSSR count). The van der Waals surface area contributed by atoms with E-state index in [1.54, 1.807) is 34.0 Å². The summed E-state index contributed by atoms with van der Waals surface area (Å²) < 4.78 is 14.6.